The van der Waals surface area contributed by atoms with Crippen LogP contribution < -0.4 is 10.9 Å². The van der Waals surface area contributed by atoms with Crippen LogP contribution in [0.5, 0.6) is 0 Å². The molecule has 0 spiro atoms. The average molecular weight is 420 g/mol. The van der Waals surface area contributed by atoms with E-state index in [1.54, 1.807) is 36.4 Å². The molecule has 1 N–H and O–H groups in total. The van der Waals surface area contributed by atoms with Crippen LogP contribution in [0.1, 0.15) is 21.5 Å². The number of hydrogen-bond donors (Lipinski definition) is 1. The predicted molar refractivity (Wildman–Crippen MR) is 101 cm³/mol. The fraction of sp³-hybridized carbons (Fsp3) is 0.0556. The molecule has 0 aliphatic carbocycles. The van der Waals surface area contributed by atoms with Crippen molar-refractivity contribution in [2.24, 2.45) is 5.10 Å². The fourth-order valence-electron chi connectivity index (χ4n) is 2.18. The fourth-order valence-corrected chi connectivity index (χ4v) is 2.61. The molecule has 5 nitrogen and oxygen atoms in total. The van der Waals surface area contributed by atoms with Crippen LogP contribution in [0.2, 0.25) is 5.02 Å². The molecule has 3 aromatic rings. The number of fused-ring (bicyclic) bond motifs is 1. The third kappa shape index (κ3) is 3.81. The van der Waals surface area contributed by atoms with Gasteiger partial charge in [-0.15, -0.1) is 0 Å². The van der Waals surface area contributed by atoms with Gasteiger partial charge in [0.25, 0.3) is 5.91 Å². The number of benzene rings is 2. The van der Waals surface area contributed by atoms with Crippen molar-refractivity contribution in [3.63, 3.8) is 0 Å². The molecular weight excluding hydrogens is 408 g/mol. The Morgan fingerprint density at radius 2 is 2.00 bits per heavy atom. The van der Waals surface area contributed by atoms with Crippen molar-refractivity contribution in [1.29, 1.82) is 0 Å². The number of nitrogens with zero attached hydrogens (tertiary/aromatic N) is 1. The van der Waals surface area contributed by atoms with Gasteiger partial charge in [0.1, 0.15) is 11.8 Å². The molecule has 3 rings (SSSR count). The van der Waals surface area contributed by atoms with Crippen LogP contribution >= 0.6 is 27.5 Å². The Kier molecular flexibility index (Phi) is 5.01. The van der Waals surface area contributed by atoms with Gasteiger partial charge in [0.15, 0.2) is 0 Å². The van der Waals surface area contributed by atoms with Crippen molar-refractivity contribution in [1.82, 2.24) is 5.43 Å². The number of halogens is 2. The van der Waals surface area contributed by atoms with E-state index in [1.807, 2.05) is 6.92 Å². The summed E-state index contributed by atoms with van der Waals surface area (Å²) < 4.78 is 6.32. The van der Waals surface area contributed by atoms with E-state index in [-0.39, 0.29) is 16.9 Å². The molecule has 25 heavy (non-hydrogen) atoms. The van der Waals surface area contributed by atoms with Crippen molar-refractivity contribution in [3.05, 3.63) is 79.1 Å². The highest BCUT2D eigenvalue weighted by molar-refractivity contribution is 9.10. The molecule has 0 atom stereocenters. The Morgan fingerprint density at radius 3 is 2.72 bits per heavy atom. The summed E-state index contributed by atoms with van der Waals surface area (Å²) in [6.07, 6.45) is 2.54. The molecule has 2 aromatic carbocycles. The smallest absolute Gasteiger partial charge is 0.271 e. The molecule has 0 unspecified atom stereocenters. The summed E-state index contributed by atoms with van der Waals surface area (Å²) in [5, 5.41) is 4.66. The van der Waals surface area contributed by atoms with Crippen LogP contribution in [0, 0.1) is 6.92 Å². The monoisotopic (exact) mass is 418 g/mol. The van der Waals surface area contributed by atoms with Gasteiger partial charge in [-0.2, -0.15) is 5.10 Å². The van der Waals surface area contributed by atoms with E-state index in [0.717, 1.165) is 10.0 Å². The molecular formula is C18H12BrClN2O3. The van der Waals surface area contributed by atoms with Gasteiger partial charge in [0, 0.05) is 15.1 Å². The van der Waals surface area contributed by atoms with Crippen LogP contribution in [0.25, 0.3) is 11.0 Å². The van der Waals surface area contributed by atoms with Crippen LogP contribution in [-0.4, -0.2) is 12.1 Å². The molecule has 0 saturated carbocycles. The Hall–Kier alpha value is -2.44. The summed E-state index contributed by atoms with van der Waals surface area (Å²) in [6, 6.07) is 10.1. The minimum Gasteiger partial charge on any atom is -0.463 e. The summed E-state index contributed by atoms with van der Waals surface area (Å²) in [7, 11) is 0. The minimum atomic E-state index is -0.382. The Morgan fingerprint density at radius 1 is 1.28 bits per heavy atom. The van der Waals surface area contributed by atoms with Crippen LogP contribution in [0.3, 0.4) is 0 Å². The molecule has 126 valence electrons. The third-order valence-corrected chi connectivity index (χ3v) is 4.49. The molecule has 0 bridgehead atoms. The number of carbonyl (C=O) groups excluding carboxylic acids is 1. The van der Waals surface area contributed by atoms with E-state index in [4.69, 9.17) is 16.0 Å². The number of carbonyl (C=O) groups is 1. The molecule has 0 fully saturated rings. The molecule has 1 heterocycles. The second kappa shape index (κ2) is 7.21. The van der Waals surface area contributed by atoms with E-state index in [2.05, 4.69) is 26.5 Å². The van der Waals surface area contributed by atoms with E-state index in [1.165, 1.54) is 12.5 Å². The first-order chi connectivity index (χ1) is 12.0. The second-order valence-corrected chi connectivity index (χ2v) is 6.65. The maximum absolute atomic E-state index is 12.4. The molecule has 7 heteroatoms. The van der Waals surface area contributed by atoms with Gasteiger partial charge in [-0.25, -0.2) is 5.43 Å². The third-order valence-electron chi connectivity index (χ3n) is 3.56. The number of aryl methyl sites for hydroxylation is 1. The minimum absolute atomic E-state index is 0.212. The standard InChI is InChI=1S/C18H12BrClN2O3/c1-10-6-16-14(7-15(10)20)17(23)12(9-25-16)8-21-22-18(24)11-2-4-13(19)5-3-11/h2-9H,1H3,(H,22,24)/b21-8+. The first-order valence-corrected chi connectivity index (χ1v) is 8.43. The molecule has 0 radical (unpaired) electrons. The molecule has 0 aliphatic rings. The molecule has 1 amide bonds. The lowest BCUT2D eigenvalue weighted by atomic mass is 10.1. The van der Waals surface area contributed by atoms with Gasteiger partial charge >= 0.3 is 0 Å². The molecule has 1 aromatic heterocycles. The zero-order valence-electron chi connectivity index (χ0n) is 13.0. The number of hydrazone groups is 1. The van der Waals surface area contributed by atoms with Crippen molar-refractivity contribution >= 4 is 50.6 Å². The van der Waals surface area contributed by atoms with Crippen molar-refractivity contribution in [3.8, 4) is 0 Å². The van der Waals surface area contributed by atoms with E-state index in [9.17, 15) is 9.59 Å². The quantitative estimate of drug-likeness (QED) is 0.509. The number of rotatable bonds is 3. The van der Waals surface area contributed by atoms with Gasteiger partial charge in [-0.1, -0.05) is 27.5 Å². The summed E-state index contributed by atoms with van der Waals surface area (Å²) >= 11 is 9.36. The van der Waals surface area contributed by atoms with Crippen molar-refractivity contribution in [2.75, 3.05) is 0 Å². The lowest BCUT2D eigenvalue weighted by Crippen LogP contribution is -2.18. The van der Waals surface area contributed by atoms with Gasteiger partial charge < -0.3 is 4.42 Å². The lowest BCUT2D eigenvalue weighted by Gasteiger charge is -2.02. The Labute approximate surface area is 156 Å². The summed E-state index contributed by atoms with van der Waals surface area (Å²) in [5.41, 5.74) is 4.03. The maximum atomic E-state index is 12.4. The summed E-state index contributed by atoms with van der Waals surface area (Å²) in [6.45, 7) is 1.83. The SMILES string of the molecule is Cc1cc2occ(/C=N/NC(=O)c3ccc(Br)cc3)c(=O)c2cc1Cl. The first kappa shape index (κ1) is 17.4. The Balaban J connectivity index is 1.83. The number of amides is 1. The molecule has 0 saturated heterocycles. The zero-order valence-corrected chi connectivity index (χ0v) is 15.4. The van der Waals surface area contributed by atoms with Crippen molar-refractivity contribution < 1.29 is 9.21 Å². The van der Waals surface area contributed by atoms with E-state index < -0.39 is 0 Å². The number of hydrogen-bond acceptors (Lipinski definition) is 4. The highest BCUT2D eigenvalue weighted by Crippen LogP contribution is 2.21. The Bertz CT molecular complexity index is 1040. The van der Waals surface area contributed by atoms with Gasteiger partial charge in [-0.05, 0) is 48.9 Å². The normalized spacial score (nSPS) is 11.2. The van der Waals surface area contributed by atoms with Gasteiger partial charge in [0.05, 0.1) is 17.2 Å². The first-order valence-electron chi connectivity index (χ1n) is 7.26. The number of nitrogens with one attached hydrogen (secondary N) is 1. The van der Waals surface area contributed by atoms with Crippen LogP contribution in [0.4, 0.5) is 0 Å². The lowest BCUT2D eigenvalue weighted by molar-refractivity contribution is 0.0955. The largest absolute Gasteiger partial charge is 0.463 e. The average Bonchev–Trinajstić information content (AvgIpc) is 2.59. The van der Waals surface area contributed by atoms with E-state index >= 15 is 0 Å². The van der Waals surface area contributed by atoms with Crippen LogP contribution in [0.15, 0.2) is 61.4 Å². The van der Waals surface area contributed by atoms with Gasteiger partial charge in [-0.3, -0.25) is 9.59 Å². The van der Waals surface area contributed by atoms with Crippen molar-refractivity contribution in [2.45, 2.75) is 6.92 Å². The van der Waals surface area contributed by atoms with E-state index in [0.29, 0.717) is 21.6 Å². The summed E-state index contributed by atoms with van der Waals surface area (Å²) in [4.78, 5) is 24.4. The van der Waals surface area contributed by atoms with Gasteiger partial charge in [0.2, 0.25) is 5.43 Å². The highest BCUT2D eigenvalue weighted by Gasteiger charge is 2.08. The highest BCUT2D eigenvalue weighted by atomic mass is 79.9. The second-order valence-electron chi connectivity index (χ2n) is 5.32. The summed E-state index contributed by atoms with van der Waals surface area (Å²) in [5.74, 6) is -0.382. The topological polar surface area (TPSA) is 71.7 Å². The predicted octanol–water partition coefficient (Wildman–Crippen LogP) is 4.28. The molecule has 0 aliphatic heterocycles. The zero-order chi connectivity index (χ0) is 18.0. The van der Waals surface area contributed by atoms with Crippen LogP contribution in [-0.2, 0) is 0 Å². The maximum Gasteiger partial charge on any atom is 0.271 e.